The van der Waals surface area contributed by atoms with Gasteiger partial charge in [-0.3, -0.25) is 9.69 Å². The molecule has 152 valence electrons. The second kappa shape index (κ2) is 9.42. The number of benzene rings is 3. The summed E-state index contributed by atoms with van der Waals surface area (Å²) in [6.45, 7) is 3.13. The molecule has 1 aliphatic heterocycles. The van der Waals surface area contributed by atoms with Crippen molar-refractivity contribution in [1.82, 2.24) is 9.80 Å². The van der Waals surface area contributed by atoms with Crippen LogP contribution >= 0.6 is 0 Å². The standard InChI is InChI=1S/C26H27N3O/c27-16-15-21-11-13-24(14-12-21)26(30)29-19-17-28(18-20-29)25(22-7-3-1-4-8-22)23-9-5-2-6-10-23/h1-16,25H,17-20,27H2/b16-15-. The summed E-state index contributed by atoms with van der Waals surface area (Å²) in [7, 11) is 0. The van der Waals surface area contributed by atoms with Gasteiger partial charge in [0.2, 0.25) is 0 Å². The van der Waals surface area contributed by atoms with E-state index in [1.807, 2.05) is 35.2 Å². The first kappa shape index (κ1) is 19.9. The summed E-state index contributed by atoms with van der Waals surface area (Å²) in [5.74, 6) is 0.0916. The molecule has 1 amide bonds. The molecule has 4 rings (SSSR count). The number of hydrogen-bond donors (Lipinski definition) is 1. The van der Waals surface area contributed by atoms with Gasteiger partial charge >= 0.3 is 0 Å². The highest BCUT2D eigenvalue weighted by Crippen LogP contribution is 2.29. The van der Waals surface area contributed by atoms with Crippen molar-refractivity contribution in [3.63, 3.8) is 0 Å². The molecule has 1 aliphatic rings. The molecule has 1 heterocycles. The first-order valence-corrected chi connectivity index (χ1v) is 10.4. The third-order valence-electron chi connectivity index (χ3n) is 5.64. The number of piperazine rings is 1. The molecule has 1 fully saturated rings. The highest BCUT2D eigenvalue weighted by molar-refractivity contribution is 5.94. The van der Waals surface area contributed by atoms with E-state index >= 15 is 0 Å². The fraction of sp³-hybridized carbons (Fsp3) is 0.192. The van der Waals surface area contributed by atoms with Gasteiger partial charge in [0.05, 0.1) is 6.04 Å². The number of amides is 1. The van der Waals surface area contributed by atoms with Crippen LogP contribution in [0.2, 0.25) is 0 Å². The number of rotatable bonds is 5. The van der Waals surface area contributed by atoms with Crippen LogP contribution in [0, 0.1) is 0 Å². The molecule has 0 aromatic heterocycles. The fourth-order valence-corrected chi connectivity index (χ4v) is 4.10. The second-order valence-corrected chi connectivity index (χ2v) is 7.53. The summed E-state index contributed by atoms with van der Waals surface area (Å²) < 4.78 is 0. The van der Waals surface area contributed by atoms with Crippen LogP contribution in [0.3, 0.4) is 0 Å². The predicted molar refractivity (Wildman–Crippen MR) is 122 cm³/mol. The zero-order chi connectivity index (χ0) is 20.8. The molecule has 0 unspecified atom stereocenters. The van der Waals surface area contributed by atoms with Gasteiger partial charge in [-0.15, -0.1) is 0 Å². The number of hydrogen-bond acceptors (Lipinski definition) is 3. The van der Waals surface area contributed by atoms with Crippen LogP contribution < -0.4 is 5.73 Å². The van der Waals surface area contributed by atoms with Crippen LogP contribution in [0.25, 0.3) is 6.08 Å². The Hall–Kier alpha value is -3.37. The minimum absolute atomic E-state index is 0.0916. The van der Waals surface area contributed by atoms with Gasteiger partial charge < -0.3 is 10.6 Å². The summed E-state index contributed by atoms with van der Waals surface area (Å²) in [6, 6.07) is 29.0. The monoisotopic (exact) mass is 397 g/mol. The maximum atomic E-state index is 13.0. The third kappa shape index (κ3) is 4.44. The summed E-state index contributed by atoms with van der Waals surface area (Å²) in [6.07, 6.45) is 3.33. The molecule has 3 aromatic carbocycles. The Morgan fingerprint density at radius 3 is 1.80 bits per heavy atom. The molecule has 4 nitrogen and oxygen atoms in total. The lowest BCUT2D eigenvalue weighted by Crippen LogP contribution is -2.49. The van der Waals surface area contributed by atoms with Crippen molar-refractivity contribution in [2.75, 3.05) is 26.2 Å². The molecule has 4 heteroatoms. The van der Waals surface area contributed by atoms with E-state index in [9.17, 15) is 4.79 Å². The second-order valence-electron chi connectivity index (χ2n) is 7.53. The van der Waals surface area contributed by atoms with Crippen molar-refractivity contribution < 1.29 is 4.79 Å². The average molecular weight is 398 g/mol. The van der Waals surface area contributed by atoms with Crippen molar-refractivity contribution in [2.45, 2.75) is 6.04 Å². The topological polar surface area (TPSA) is 49.6 Å². The lowest BCUT2D eigenvalue weighted by Gasteiger charge is -2.39. The number of carbonyl (C=O) groups is 1. The van der Waals surface area contributed by atoms with Crippen LogP contribution in [0.4, 0.5) is 0 Å². The molecule has 30 heavy (non-hydrogen) atoms. The number of carbonyl (C=O) groups excluding carboxylic acids is 1. The van der Waals surface area contributed by atoms with E-state index in [4.69, 9.17) is 5.73 Å². The maximum absolute atomic E-state index is 13.0. The van der Waals surface area contributed by atoms with E-state index in [0.717, 1.165) is 37.3 Å². The van der Waals surface area contributed by atoms with Crippen molar-refractivity contribution in [1.29, 1.82) is 0 Å². The zero-order valence-corrected chi connectivity index (χ0v) is 17.0. The molecule has 1 saturated heterocycles. The lowest BCUT2D eigenvalue weighted by atomic mass is 9.96. The van der Waals surface area contributed by atoms with Gasteiger partial charge in [-0.25, -0.2) is 0 Å². The van der Waals surface area contributed by atoms with Crippen molar-refractivity contribution in [3.8, 4) is 0 Å². The van der Waals surface area contributed by atoms with E-state index < -0.39 is 0 Å². The van der Waals surface area contributed by atoms with Crippen LogP contribution in [0.5, 0.6) is 0 Å². The minimum Gasteiger partial charge on any atom is -0.405 e. The Balaban J connectivity index is 1.47. The predicted octanol–water partition coefficient (Wildman–Crippen LogP) is 4.16. The molecule has 0 saturated carbocycles. The van der Waals surface area contributed by atoms with Gasteiger partial charge in [-0.1, -0.05) is 72.8 Å². The largest absolute Gasteiger partial charge is 0.405 e. The first-order valence-electron chi connectivity index (χ1n) is 10.4. The number of nitrogens with two attached hydrogens (primary N) is 1. The Labute approximate surface area is 178 Å². The molecule has 0 radical (unpaired) electrons. The van der Waals surface area contributed by atoms with Crippen molar-refractivity contribution >= 4 is 12.0 Å². The fourth-order valence-electron chi connectivity index (χ4n) is 4.10. The molecule has 3 aromatic rings. The van der Waals surface area contributed by atoms with E-state index in [2.05, 4.69) is 65.6 Å². The highest BCUT2D eigenvalue weighted by Gasteiger charge is 2.28. The quantitative estimate of drug-likeness (QED) is 0.703. The van der Waals surface area contributed by atoms with Gasteiger partial charge in [0.25, 0.3) is 5.91 Å². The molecule has 0 bridgehead atoms. The summed E-state index contributed by atoms with van der Waals surface area (Å²) in [5.41, 5.74) is 9.72. The van der Waals surface area contributed by atoms with Crippen LogP contribution in [-0.4, -0.2) is 41.9 Å². The van der Waals surface area contributed by atoms with Crippen LogP contribution in [0.15, 0.2) is 91.1 Å². The normalized spacial score (nSPS) is 15.0. The highest BCUT2D eigenvalue weighted by atomic mass is 16.2. The number of nitrogens with zero attached hydrogens (tertiary/aromatic N) is 2. The van der Waals surface area contributed by atoms with Gasteiger partial charge in [-0.2, -0.15) is 0 Å². The minimum atomic E-state index is 0.0916. The Morgan fingerprint density at radius 2 is 1.30 bits per heavy atom. The van der Waals surface area contributed by atoms with E-state index in [0.29, 0.717) is 0 Å². The molecular weight excluding hydrogens is 370 g/mol. The van der Waals surface area contributed by atoms with E-state index in [1.54, 1.807) is 0 Å². The SMILES string of the molecule is N/C=C\c1ccc(C(=O)N2CCN(C(c3ccccc3)c3ccccc3)CC2)cc1. The molecule has 2 N–H and O–H groups in total. The van der Waals surface area contributed by atoms with E-state index in [-0.39, 0.29) is 11.9 Å². The Bertz CT molecular complexity index is 936. The van der Waals surface area contributed by atoms with Crippen molar-refractivity contribution in [2.24, 2.45) is 5.73 Å². The maximum Gasteiger partial charge on any atom is 0.253 e. The molecule has 0 spiro atoms. The Morgan fingerprint density at radius 1 is 0.767 bits per heavy atom. The smallest absolute Gasteiger partial charge is 0.253 e. The van der Waals surface area contributed by atoms with Gasteiger partial charge in [-0.05, 0) is 41.1 Å². The zero-order valence-electron chi connectivity index (χ0n) is 17.0. The summed E-state index contributed by atoms with van der Waals surface area (Å²) >= 11 is 0. The summed E-state index contributed by atoms with van der Waals surface area (Å²) in [5, 5.41) is 0. The molecular formula is C26H27N3O. The van der Waals surface area contributed by atoms with Gasteiger partial charge in [0.15, 0.2) is 0 Å². The Kier molecular flexibility index (Phi) is 6.26. The van der Waals surface area contributed by atoms with Crippen LogP contribution in [0.1, 0.15) is 33.1 Å². The molecule has 0 aliphatic carbocycles. The third-order valence-corrected chi connectivity index (χ3v) is 5.64. The summed E-state index contributed by atoms with van der Waals surface area (Å²) in [4.78, 5) is 17.4. The molecule has 0 atom stereocenters. The van der Waals surface area contributed by atoms with E-state index in [1.165, 1.54) is 17.3 Å². The van der Waals surface area contributed by atoms with Gasteiger partial charge in [0, 0.05) is 31.7 Å². The van der Waals surface area contributed by atoms with Crippen LogP contribution in [-0.2, 0) is 0 Å². The first-order chi connectivity index (χ1) is 14.8. The lowest BCUT2D eigenvalue weighted by molar-refractivity contribution is 0.0597. The average Bonchev–Trinajstić information content (AvgIpc) is 2.81. The van der Waals surface area contributed by atoms with Crippen molar-refractivity contribution in [3.05, 3.63) is 113 Å². The van der Waals surface area contributed by atoms with Gasteiger partial charge in [0.1, 0.15) is 0 Å².